The Morgan fingerprint density at radius 1 is 1.22 bits per heavy atom. The second-order valence-electron chi connectivity index (χ2n) is 7.84. The van der Waals surface area contributed by atoms with E-state index in [9.17, 15) is 19.5 Å². The first-order valence-corrected chi connectivity index (χ1v) is 9.42. The quantitative estimate of drug-likeness (QED) is 0.804. The summed E-state index contributed by atoms with van der Waals surface area (Å²) < 4.78 is 0. The van der Waals surface area contributed by atoms with Crippen LogP contribution in [0.5, 0.6) is 0 Å². The summed E-state index contributed by atoms with van der Waals surface area (Å²) in [5, 5.41) is 12.4. The van der Waals surface area contributed by atoms with Gasteiger partial charge in [0.15, 0.2) is 0 Å². The summed E-state index contributed by atoms with van der Waals surface area (Å²) in [7, 11) is 0. The number of carboxylic acids is 1. The van der Waals surface area contributed by atoms with Gasteiger partial charge in [-0.25, -0.2) is 9.97 Å². The van der Waals surface area contributed by atoms with Crippen molar-refractivity contribution in [1.29, 1.82) is 0 Å². The van der Waals surface area contributed by atoms with E-state index in [1.807, 2.05) is 13.8 Å². The number of hydrogen-bond acceptors (Lipinski definition) is 5. The maximum atomic E-state index is 13.0. The molecule has 2 heterocycles. The Kier molecular flexibility index (Phi) is 5.43. The zero-order valence-corrected chi connectivity index (χ0v) is 15.9. The number of nitrogens with zero attached hydrogens (tertiary/aromatic N) is 3. The summed E-state index contributed by atoms with van der Waals surface area (Å²) in [6.07, 6.45) is 3.67. The van der Waals surface area contributed by atoms with E-state index in [0.717, 1.165) is 12.8 Å². The third-order valence-corrected chi connectivity index (χ3v) is 5.13. The number of likely N-dealkylation sites (tertiary alicyclic amines) is 1. The van der Waals surface area contributed by atoms with E-state index >= 15 is 0 Å². The van der Waals surface area contributed by atoms with E-state index in [4.69, 9.17) is 0 Å². The fraction of sp³-hybridized carbons (Fsp3) is 0.632. The minimum absolute atomic E-state index is 0.0900. The van der Waals surface area contributed by atoms with Crippen molar-refractivity contribution in [2.45, 2.75) is 52.0 Å². The third kappa shape index (κ3) is 4.43. The number of carbonyl (C=O) groups excluding carboxylic acids is 2. The van der Waals surface area contributed by atoms with Crippen LogP contribution in [-0.2, 0) is 9.59 Å². The number of carbonyl (C=O) groups is 3. The van der Waals surface area contributed by atoms with Crippen molar-refractivity contribution in [3.05, 3.63) is 23.3 Å². The Morgan fingerprint density at radius 2 is 1.89 bits per heavy atom. The smallest absolute Gasteiger partial charge is 0.308 e. The second kappa shape index (κ2) is 7.62. The summed E-state index contributed by atoms with van der Waals surface area (Å²) in [5.41, 5.74) is 0.918. The van der Waals surface area contributed by atoms with E-state index < -0.39 is 17.8 Å². The Balaban J connectivity index is 1.79. The number of aryl methyl sites for hydroxylation is 1. The molecule has 0 aromatic carbocycles. The highest BCUT2D eigenvalue weighted by Crippen LogP contribution is 2.26. The molecule has 2 fully saturated rings. The predicted molar refractivity (Wildman–Crippen MR) is 97.2 cm³/mol. The van der Waals surface area contributed by atoms with Gasteiger partial charge in [0.05, 0.1) is 23.1 Å². The number of piperidine rings is 1. The van der Waals surface area contributed by atoms with Crippen molar-refractivity contribution in [2.75, 3.05) is 13.1 Å². The third-order valence-electron chi connectivity index (χ3n) is 5.13. The molecule has 0 spiro atoms. The summed E-state index contributed by atoms with van der Waals surface area (Å²) >= 11 is 0. The molecule has 0 unspecified atom stereocenters. The average molecular weight is 374 g/mol. The number of carboxylic acid groups (broad SMARTS) is 1. The van der Waals surface area contributed by atoms with Crippen LogP contribution in [0.1, 0.15) is 60.9 Å². The Hall–Kier alpha value is -2.51. The van der Waals surface area contributed by atoms with Gasteiger partial charge in [-0.3, -0.25) is 14.4 Å². The van der Waals surface area contributed by atoms with Crippen molar-refractivity contribution < 1.29 is 19.5 Å². The molecule has 2 amide bonds. The number of hydrogen-bond donors (Lipinski definition) is 2. The van der Waals surface area contributed by atoms with Gasteiger partial charge in [-0.05, 0) is 26.2 Å². The molecule has 1 aromatic rings. The Labute approximate surface area is 158 Å². The first-order chi connectivity index (χ1) is 12.8. The molecular weight excluding hydrogens is 348 g/mol. The predicted octanol–water partition coefficient (Wildman–Crippen LogP) is 1.35. The van der Waals surface area contributed by atoms with E-state index in [1.165, 1.54) is 11.1 Å². The summed E-state index contributed by atoms with van der Waals surface area (Å²) in [6, 6.07) is 0.200. The average Bonchev–Trinajstić information content (AvgIpc) is 3.44. The lowest BCUT2D eigenvalue weighted by Crippen LogP contribution is -2.50. The van der Waals surface area contributed by atoms with Crippen LogP contribution in [-0.4, -0.2) is 56.9 Å². The molecule has 8 heteroatoms. The minimum atomic E-state index is -0.986. The highest BCUT2D eigenvalue weighted by atomic mass is 16.4. The summed E-state index contributed by atoms with van der Waals surface area (Å²) in [5.74, 6) is -1.93. The molecule has 2 atom stereocenters. The molecule has 0 bridgehead atoms. The lowest BCUT2D eigenvalue weighted by Gasteiger charge is -2.35. The van der Waals surface area contributed by atoms with Gasteiger partial charge in [0, 0.05) is 31.2 Å². The molecule has 1 saturated heterocycles. The molecule has 146 valence electrons. The standard InChI is InChI=1S/C19H26N4O4/c1-10(2)16-20-7-15(11(3)21-16)18(25)23-8-12(6-13(9-23)19(26)27)17(24)22-14-4-5-14/h7,10,12-14H,4-6,8-9H2,1-3H3,(H,22,24)(H,26,27)/t12-,13+/m0/s1. The lowest BCUT2D eigenvalue weighted by atomic mass is 9.88. The molecule has 2 N–H and O–H groups in total. The zero-order valence-electron chi connectivity index (χ0n) is 15.9. The van der Waals surface area contributed by atoms with Crippen LogP contribution < -0.4 is 5.32 Å². The normalized spacial score (nSPS) is 22.6. The van der Waals surface area contributed by atoms with Gasteiger partial charge in [0.25, 0.3) is 5.91 Å². The molecule has 2 aliphatic rings. The fourth-order valence-electron chi connectivity index (χ4n) is 3.32. The van der Waals surface area contributed by atoms with E-state index in [0.29, 0.717) is 17.1 Å². The Bertz CT molecular complexity index is 760. The molecule has 1 aliphatic carbocycles. The van der Waals surface area contributed by atoms with E-state index in [-0.39, 0.29) is 43.3 Å². The molecule has 1 saturated carbocycles. The topological polar surface area (TPSA) is 112 Å². The molecule has 1 aliphatic heterocycles. The zero-order chi connectivity index (χ0) is 19.7. The van der Waals surface area contributed by atoms with Crippen molar-refractivity contribution >= 4 is 17.8 Å². The number of aliphatic carboxylic acids is 1. The number of rotatable bonds is 5. The van der Waals surface area contributed by atoms with Crippen LogP contribution in [0.2, 0.25) is 0 Å². The first-order valence-electron chi connectivity index (χ1n) is 9.42. The Morgan fingerprint density at radius 3 is 2.44 bits per heavy atom. The van der Waals surface area contributed by atoms with Gasteiger partial charge < -0.3 is 15.3 Å². The van der Waals surface area contributed by atoms with Crippen molar-refractivity contribution in [3.63, 3.8) is 0 Å². The highest BCUT2D eigenvalue weighted by Gasteiger charge is 2.39. The van der Waals surface area contributed by atoms with Crippen molar-refractivity contribution in [3.8, 4) is 0 Å². The number of aromatic nitrogens is 2. The maximum absolute atomic E-state index is 13.0. The van der Waals surface area contributed by atoms with Gasteiger partial charge in [-0.1, -0.05) is 13.8 Å². The van der Waals surface area contributed by atoms with Crippen LogP contribution >= 0.6 is 0 Å². The first kappa shape index (κ1) is 19.3. The largest absolute Gasteiger partial charge is 0.481 e. The molecular formula is C19H26N4O4. The van der Waals surface area contributed by atoms with Crippen LogP contribution in [0.25, 0.3) is 0 Å². The van der Waals surface area contributed by atoms with Gasteiger partial charge in [0.1, 0.15) is 5.82 Å². The van der Waals surface area contributed by atoms with Gasteiger partial charge in [0.2, 0.25) is 5.91 Å². The van der Waals surface area contributed by atoms with Crippen LogP contribution in [0.3, 0.4) is 0 Å². The molecule has 27 heavy (non-hydrogen) atoms. The van der Waals surface area contributed by atoms with Crippen molar-refractivity contribution in [1.82, 2.24) is 20.2 Å². The van der Waals surface area contributed by atoms with Gasteiger partial charge in [-0.2, -0.15) is 0 Å². The summed E-state index contributed by atoms with van der Waals surface area (Å²) in [4.78, 5) is 47.1. The number of amides is 2. The maximum Gasteiger partial charge on any atom is 0.308 e. The fourth-order valence-corrected chi connectivity index (χ4v) is 3.32. The van der Waals surface area contributed by atoms with Gasteiger partial charge >= 0.3 is 5.97 Å². The van der Waals surface area contributed by atoms with Crippen LogP contribution in [0.15, 0.2) is 6.20 Å². The monoisotopic (exact) mass is 374 g/mol. The van der Waals surface area contributed by atoms with E-state index in [2.05, 4.69) is 15.3 Å². The van der Waals surface area contributed by atoms with Crippen LogP contribution in [0.4, 0.5) is 0 Å². The number of nitrogens with one attached hydrogen (secondary N) is 1. The summed E-state index contributed by atoms with van der Waals surface area (Å²) in [6.45, 7) is 6.00. The SMILES string of the molecule is Cc1nc(C(C)C)ncc1C(=O)N1C[C@H](C(=O)O)C[C@H](C(=O)NC2CC2)C1. The lowest BCUT2D eigenvalue weighted by molar-refractivity contribution is -0.144. The minimum Gasteiger partial charge on any atom is -0.481 e. The van der Waals surface area contributed by atoms with Crippen molar-refractivity contribution in [2.24, 2.45) is 11.8 Å². The molecule has 0 radical (unpaired) electrons. The van der Waals surface area contributed by atoms with Crippen LogP contribution in [0, 0.1) is 18.8 Å². The van der Waals surface area contributed by atoms with E-state index in [1.54, 1.807) is 6.92 Å². The molecule has 8 nitrogen and oxygen atoms in total. The second-order valence-corrected chi connectivity index (χ2v) is 7.84. The highest BCUT2D eigenvalue weighted by molar-refractivity contribution is 5.96. The molecule has 1 aromatic heterocycles. The van der Waals surface area contributed by atoms with Gasteiger partial charge in [-0.15, -0.1) is 0 Å². The molecule has 3 rings (SSSR count).